The van der Waals surface area contributed by atoms with Crippen molar-refractivity contribution in [3.8, 4) is 5.75 Å². The standard InChI is InChI=1S/C13H16N2O3/c1-8(2)15-12-6-10(17)4-5-11(12)14(9(3)16)7-13(15)18/h4-6,8,17H,7H2,1-3H3. The Labute approximate surface area is 106 Å². The van der Waals surface area contributed by atoms with Gasteiger partial charge in [-0.05, 0) is 26.0 Å². The number of rotatable bonds is 1. The van der Waals surface area contributed by atoms with E-state index in [9.17, 15) is 14.7 Å². The van der Waals surface area contributed by atoms with E-state index in [1.165, 1.54) is 24.0 Å². The van der Waals surface area contributed by atoms with Crippen molar-refractivity contribution < 1.29 is 14.7 Å². The molecular formula is C13H16N2O3. The van der Waals surface area contributed by atoms with Gasteiger partial charge >= 0.3 is 0 Å². The Morgan fingerprint density at radius 3 is 2.56 bits per heavy atom. The van der Waals surface area contributed by atoms with Crippen LogP contribution in [-0.2, 0) is 9.59 Å². The van der Waals surface area contributed by atoms with Gasteiger partial charge in [-0.1, -0.05) is 0 Å². The van der Waals surface area contributed by atoms with E-state index in [0.717, 1.165) is 0 Å². The first-order valence-electron chi connectivity index (χ1n) is 5.85. The number of nitrogens with zero attached hydrogens (tertiary/aromatic N) is 2. The number of carbonyl (C=O) groups is 2. The fraction of sp³-hybridized carbons (Fsp3) is 0.385. The van der Waals surface area contributed by atoms with Crippen molar-refractivity contribution in [1.29, 1.82) is 0 Å². The van der Waals surface area contributed by atoms with E-state index in [2.05, 4.69) is 0 Å². The average molecular weight is 248 g/mol. The third-order valence-corrected chi connectivity index (χ3v) is 2.97. The van der Waals surface area contributed by atoms with E-state index < -0.39 is 0 Å². The first kappa shape index (κ1) is 12.4. The highest BCUT2D eigenvalue weighted by atomic mass is 16.3. The van der Waals surface area contributed by atoms with E-state index in [1.807, 2.05) is 13.8 Å². The first-order valence-corrected chi connectivity index (χ1v) is 5.85. The van der Waals surface area contributed by atoms with Crippen LogP contribution >= 0.6 is 0 Å². The monoisotopic (exact) mass is 248 g/mol. The van der Waals surface area contributed by atoms with Crippen molar-refractivity contribution in [1.82, 2.24) is 0 Å². The van der Waals surface area contributed by atoms with Gasteiger partial charge in [-0.25, -0.2) is 0 Å². The summed E-state index contributed by atoms with van der Waals surface area (Å²) in [6.45, 7) is 5.27. The van der Waals surface area contributed by atoms with Gasteiger partial charge in [0.2, 0.25) is 11.8 Å². The maximum absolute atomic E-state index is 12.1. The molecule has 1 aliphatic heterocycles. The van der Waals surface area contributed by atoms with E-state index in [1.54, 1.807) is 11.0 Å². The Morgan fingerprint density at radius 1 is 1.33 bits per heavy atom. The van der Waals surface area contributed by atoms with E-state index >= 15 is 0 Å². The number of amides is 2. The van der Waals surface area contributed by atoms with Gasteiger partial charge in [-0.2, -0.15) is 0 Å². The fourth-order valence-corrected chi connectivity index (χ4v) is 2.21. The van der Waals surface area contributed by atoms with Crippen LogP contribution in [0.25, 0.3) is 0 Å². The number of phenolic OH excluding ortho intramolecular Hbond substituents is 1. The highest BCUT2D eigenvalue weighted by Crippen LogP contribution is 2.37. The van der Waals surface area contributed by atoms with Crippen LogP contribution in [0.3, 0.4) is 0 Å². The van der Waals surface area contributed by atoms with E-state index in [4.69, 9.17) is 0 Å². The predicted molar refractivity (Wildman–Crippen MR) is 68.8 cm³/mol. The highest BCUT2D eigenvalue weighted by Gasteiger charge is 2.32. The summed E-state index contributed by atoms with van der Waals surface area (Å²) >= 11 is 0. The predicted octanol–water partition coefficient (Wildman–Crippen LogP) is 1.50. The van der Waals surface area contributed by atoms with Gasteiger partial charge in [0.15, 0.2) is 0 Å². The summed E-state index contributed by atoms with van der Waals surface area (Å²) in [7, 11) is 0. The Balaban J connectivity index is 2.60. The van der Waals surface area contributed by atoms with Crippen LogP contribution in [0.5, 0.6) is 5.75 Å². The zero-order valence-electron chi connectivity index (χ0n) is 10.7. The van der Waals surface area contributed by atoms with Crippen LogP contribution in [0.15, 0.2) is 18.2 Å². The smallest absolute Gasteiger partial charge is 0.247 e. The van der Waals surface area contributed by atoms with Gasteiger partial charge in [0.1, 0.15) is 12.3 Å². The number of fused-ring (bicyclic) bond motifs is 1. The summed E-state index contributed by atoms with van der Waals surface area (Å²) in [5.41, 5.74) is 1.24. The molecule has 2 amide bonds. The van der Waals surface area contributed by atoms with Crippen LogP contribution in [-0.4, -0.2) is 29.5 Å². The molecule has 0 radical (unpaired) electrons. The summed E-state index contributed by atoms with van der Waals surface area (Å²) in [5.74, 6) is -0.241. The molecule has 0 spiro atoms. The molecular weight excluding hydrogens is 232 g/mol. The minimum atomic E-state index is -0.182. The molecule has 1 heterocycles. The molecule has 0 bridgehead atoms. The summed E-state index contributed by atoms with van der Waals surface area (Å²) < 4.78 is 0. The minimum Gasteiger partial charge on any atom is -0.508 e. The number of benzene rings is 1. The molecule has 5 heteroatoms. The van der Waals surface area contributed by atoms with Gasteiger partial charge in [0.25, 0.3) is 0 Å². The second kappa shape index (κ2) is 4.33. The Morgan fingerprint density at radius 2 is 2.00 bits per heavy atom. The fourth-order valence-electron chi connectivity index (χ4n) is 2.21. The van der Waals surface area contributed by atoms with E-state index in [0.29, 0.717) is 11.4 Å². The topological polar surface area (TPSA) is 60.9 Å². The molecule has 0 aromatic heterocycles. The minimum absolute atomic E-state index is 0.0211. The number of phenols is 1. The normalized spacial score (nSPS) is 15.0. The average Bonchev–Trinajstić information content (AvgIpc) is 2.26. The second-order valence-corrected chi connectivity index (χ2v) is 4.64. The molecule has 0 saturated carbocycles. The van der Waals surface area contributed by atoms with Crippen LogP contribution in [0.2, 0.25) is 0 Å². The van der Waals surface area contributed by atoms with Crippen molar-refractivity contribution >= 4 is 23.2 Å². The molecule has 1 N–H and O–H groups in total. The molecule has 0 aliphatic carbocycles. The molecule has 5 nitrogen and oxygen atoms in total. The van der Waals surface area contributed by atoms with Gasteiger partial charge in [-0.15, -0.1) is 0 Å². The summed E-state index contributed by atoms with van der Waals surface area (Å²) in [5, 5.41) is 9.56. The van der Waals surface area contributed by atoms with Crippen molar-refractivity contribution in [3.63, 3.8) is 0 Å². The van der Waals surface area contributed by atoms with Gasteiger partial charge in [0.05, 0.1) is 11.4 Å². The molecule has 2 rings (SSSR count). The molecule has 1 aliphatic rings. The molecule has 0 saturated heterocycles. The van der Waals surface area contributed by atoms with Crippen LogP contribution < -0.4 is 9.80 Å². The third kappa shape index (κ3) is 1.92. The SMILES string of the molecule is CC(=O)N1CC(=O)N(C(C)C)c2cc(O)ccc21. The van der Waals surface area contributed by atoms with Crippen molar-refractivity contribution in [3.05, 3.63) is 18.2 Å². The van der Waals surface area contributed by atoms with Gasteiger partial charge in [-0.3, -0.25) is 9.59 Å². The zero-order chi connectivity index (χ0) is 13.4. The van der Waals surface area contributed by atoms with Crippen LogP contribution in [0.1, 0.15) is 20.8 Å². The molecule has 96 valence electrons. The molecule has 0 atom stereocenters. The van der Waals surface area contributed by atoms with Crippen molar-refractivity contribution in [2.24, 2.45) is 0 Å². The first-order chi connectivity index (χ1) is 8.41. The lowest BCUT2D eigenvalue weighted by Crippen LogP contribution is -2.50. The third-order valence-electron chi connectivity index (χ3n) is 2.97. The number of aromatic hydroxyl groups is 1. The Kier molecular flexibility index (Phi) is 2.98. The molecule has 0 fully saturated rings. The molecule has 1 aromatic rings. The zero-order valence-corrected chi connectivity index (χ0v) is 10.7. The highest BCUT2D eigenvalue weighted by molar-refractivity contribution is 6.11. The summed E-state index contributed by atoms with van der Waals surface area (Å²) in [6, 6.07) is 4.67. The summed E-state index contributed by atoms with van der Waals surface area (Å²) in [4.78, 5) is 26.7. The molecule has 18 heavy (non-hydrogen) atoms. The summed E-state index contributed by atoms with van der Waals surface area (Å²) in [6.07, 6.45) is 0. The second-order valence-electron chi connectivity index (χ2n) is 4.64. The Hall–Kier alpha value is -2.04. The van der Waals surface area contributed by atoms with Crippen molar-refractivity contribution in [2.75, 3.05) is 16.3 Å². The van der Waals surface area contributed by atoms with Crippen LogP contribution in [0.4, 0.5) is 11.4 Å². The number of hydrogen-bond acceptors (Lipinski definition) is 3. The quantitative estimate of drug-likeness (QED) is 0.819. The lowest BCUT2D eigenvalue weighted by molar-refractivity contribution is -0.122. The lowest BCUT2D eigenvalue weighted by Gasteiger charge is -2.37. The largest absolute Gasteiger partial charge is 0.508 e. The van der Waals surface area contributed by atoms with Crippen molar-refractivity contribution in [2.45, 2.75) is 26.8 Å². The van der Waals surface area contributed by atoms with Gasteiger partial charge in [0, 0.05) is 19.0 Å². The number of anilines is 2. The van der Waals surface area contributed by atoms with E-state index in [-0.39, 0.29) is 30.2 Å². The Bertz CT molecular complexity index is 511. The number of carbonyl (C=O) groups excluding carboxylic acids is 2. The van der Waals surface area contributed by atoms with Gasteiger partial charge < -0.3 is 14.9 Å². The number of hydrogen-bond donors (Lipinski definition) is 1. The maximum atomic E-state index is 12.1. The van der Waals surface area contributed by atoms with Crippen LogP contribution in [0, 0.1) is 0 Å². The molecule has 1 aromatic carbocycles. The molecule has 0 unspecified atom stereocenters. The maximum Gasteiger partial charge on any atom is 0.247 e. The lowest BCUT2D eigenvalue weighted by atomic mass is 10.1.